The number of likely N-dealkylation sites (N-methyl/N-ethyl adjacent to an activating group) is 1. The molecule has 0 atom stereocenters. The molecule has 0 bridgehead atoms. The van der Waals surface area contributed by atoms with Gasteiger partial charge in [0, 0.05) is 41.9 Å². The van der Waals surface area contributed by atoms with E-state index in [0.29, 0.717) is 16.7 Å². The van der Waals surface area contributed by atoms with Crippen molar-refractivity contribution in [2.24, 2.45) is 0 Å². The van der Waals surface area contributed by atoms with Crippen LogP contribution in [0.4, 0.5) is 17.6 Å². The van der Waals surface area contributed by atoms with E-state index in [1.807, 2.05) is 0 Å². The first-order valence-electron chi connectivity index (χ1n) is 21.5. The van der Waals surface area contributed by atoms with Crippen LogP contribution in [-0.4, -0.2) is 51.3 Å². The van der Waals surface area contributed by atoms with Crippen molar-refractivity contribution >= 4 is 17.7 Å². The van der Waals surface area contributed by atoms with Crippen molar-refractivity contribution in [1.29, 1.82) is 0 Å². The van der Waals surface area contributed by atoms with Gasteiger partial charge in [-0.1, -0.05) is 68.0 Å². The highest BCUT2D eigenvalue weighted by Gasteiger charge is 2.30. The highest BCUT2D eigenvalue weighted by molar-refractivity contribution is 7.98. The zero-order valence-electron chi connectivity index (χ0n) is 39.2. The molecule has 6 nitrogen and oxygen atoms in total. The molecule has 0 aliphatic heterocycles. The molecule has 1 amide bonds. The minimum absolute atomic E-state index is 0.0400. The Morgan fingerprint density at radius 1 is 1.02 bits per heavy atom. The molecule has 1 aliphatic rings. The van der Waals surface area contributed by atoms with Gasteiger partial charge in [0.15, 0.2) is 5.16 Å². The average molecular weight is 694 g/mol. The minimum Gasteiger partial charge on any atom is -0.336 e. The molecule has 0 fully saturated rings. The Morgan fingerprint density at radius 2 is 1.73 bits per heavy atom. The molecule has 0 saturated carbocycles. The molecule has 1 aliphatic carbocycles. The molecule has 0 saturated heterocycles. The lowest BCUT2D eigenvalue weighted by Gasteiger charge is -2.28. The Hall–Kier alpha value is -3.96. The molecule has 0 unspecified atom stereocenters. The van der Waals surface area contributed by atoms with Gasteiger partial charge >= 0.3 is 6.18 Å². The zero-order valence-corrected chi connectivity index (χ0v) is 27.0. The molecule has 1 aromatic heterocycles. The van der Waals surface area contributed by atoms with Gasteiger partial charge in [-0.3, -0.25) is 9.59 Å². The number of amides is 1. The summed E-state index contributed by atoms with van der Waals surface area (Å²) in [5, 5.41) is -0.765. The van der Waals surface area contributed by atoms with Crippen molar-refractivity contribution in [1.82, 2.24) is 19.4 Å². The largest absolute Gasteiger partial charge is 0.416 e. The summed E-state index contributed by atoms with van der Waals surface area (Å²) >= 11 is 0.142. The number of hydrogen-bond acceptors (Lipinski definition) is 5. The number of hydrogen-bond donors (Lipinski definition) is 0. The molecule has 254 valence electrons. The van der Waals surface area contributed by atoms with Crippen LogP contribution in [0, 0.1) is 12.7 Å². The molecule has 48 heavy (non-hydrogen) atoms. The summed E-state index contributed by atoms with van der Waals surface area (Å²) in [6.45, 7) is -11.3. The first-order chi connectivity index (χ1) is 28.0. The maximum absolute atomic E-state index is 15.1. The van der Waals surface area contributed by atoms with Gasteiger partial charge in [-0.15, -0.1) is 0 Å². The topological polar surface area (TPSA) is 58.4 Å². The van der Waals surface area contributed by atoms with Gasteiger partial charge in [0.1, 0.15) is 12.3 Å². The van der Waals surface area contributed by atoms with E-state index in [1.165, 1.54) is 20.8 Å². The van der Waals surface area contributed by atoms with Crippen molar-refractivity contribution < 1.29 is 40.2 Å². The van der Waals surface area contributed by atoms with E-state index < -0.39 is 94.5 Å². The molecular formula is C37H40F4N4O2S. The number of carbonyl (C=O) groups excluding carboxylic acids is 1. The third-order valence-corrected chi connectivity index (χ3v) is 8.22. The molecule has 4 aromatic rings. The van der Waals surface area contributed by atoms with Gasteiger partial charge in [-0.2, -0.15) is 18.2 Å². The normalized spacial score (nSPS) is 18.3. The first kappa shape index (κ1) is 21.9. The summed E-state index contributed by atoms with van der Waals surface area (Å²) in [5.74, 6) is -2.86. The number of halogens is 4. The van der Waals surface area contributed by atoms with Crippen molar-refractivity contribution in [2.45, 2.75) is 70.1 Å². The van der Waals surface area contributed by atoms with Crippen molar-refractivity contribution in [3.8, 4) is 11.1 Å². The van der Waals surface area contributed by atoms with Crippen LogP contribution in [0.1, 0.15) is 71.6 Å². The quantitative estimate of drug-likeness (QED) is 0.0824. The molecule has 3 aromatic carbocycles. The van der Waals surface area contributed by atoms with Crippen molar-refractivity contribution in [2.75, 3.05) is 26.1 Å². The fraction of sp³-hybridized carbons (Fsp3) is 0.378. The van der Waals surface area contributed by atoms with Gasteiger partial charge in [0.05, 0.1) is 17.9 Å². The summed E-state index contributed by atoms with van der Waals surface area (Å²) in [6, 6.07) is 4.46. The summed E-state index contributed by atoms with van der Waals surface area (Å²) in [7, 11) is 0. The molecule has 5 rings (SSSR count). The predicted octanol–water partition coefficient (Wildman–Crippen LogP) is 7.53. The Kier molecular flexibility index (Phi) is 7.07. The number of alkyl halides is 3. The standard InChI is InChI=1S/C37H40F4N4O2S/c1-4-43(5-2)19-20-44(22-27-11-18-31(25(3)21-27)28-12-14-29(15-13-28)37(39,40)41)34(46)23-45-33-8-6-7-32(33)35(47)42-36(45)48-24-26-9-16-30(38)17-10-26/h9-18,21H,4-8,19-20,22-24H2,1-3H3/i11D,18D,19D2,20D2,21D,22D2,23D2,24D2. The predicted molar refractivity (Wildman–Crippen MR) is 181 cm³/mol. The van der Waals surface area contributed by atoms with Crippen LogP contribution in [-0.2, 0) is 42.5 Å². The number of fused-ring (bicyclic) bond motifs is 1. The minimum atomic E-state index is -4.73. The van der Waals surface area contributed by atoms with Crippen LogP contribution in [0.15, 0.2) is 76.6 Å². The number of benzene rings is 3. The van der Waals surface area contributed by atoms with Gasteiger partial charge in [-0.25, -0.2) is 4.39 Å². The highest BCUT2D eigenvalue weighted by Crippen LogP contribution is 2.32. The third-order valence-electron chi connectivity index (χ3n) is 7.43. The lowest BCUT2D eigenvalue weighted by atomic mass is 9.97. The third kappa shape index (κ3) is 8.54. The van der Waals surface area contributed by atoms with E-state index in [0.717, 1.165) is 41.3 Å². The number of aromatic nitrogens is 2. The summed E-state index contributed by atoms with van der Waals surface area (Å²) < 4.78 is 173. The van der Waals surface area contributed by atoms with Crippen LogP contribution < -0.4 is 5.56 Å². The van der Waals surface area contributed by atoms with Gasteiger partial charge in [0.25, 0.3) is 5.56 Å². The van der Waals surface area contributed by atoms with Gasteiger partial charge < -0.3 is 14.4 Å². The van der Waals surface area contributed by atoms with Gasteiger partial charge in [0.2, 0.25) is 5.91 Å². The van der Waals surface area contributed by atoms with Crippen LogP contribution in [0.3, 0.4) is 0 Å². The SMILES string of the molecule is [2H]c1c([2H])c(C([2H])([2H])N(C(=O)C([2H])([2H])n2c(SC([2H])([2H])c3ccc(F)cc3)nc(=O)c3c2CCC3)C([2H])([2H])C([2H])([2H])N(CC)CC)c([2H])c(C)c1-c1ccc(C(F)(F)F)cc1. The maximum atomic E-state index is 15.1. The second kappa shape index (κ2) is 15.5. The molecule has 0 radical (unpaired) electrons. The van der Waals surface area contributed by atoms with E-state index in [1.54, 1.807) is 0 Å². The van der Waals surface area contributed by atoms with Gasteiger partial charge in [-0.05, 0) is 91.4 Å². The number of nitrogens with zero attached hydrogens (tertiary/aromatic N) is 4. The fourth-order valence-corrected chi connectivity index (χ4v) is 5.61. The van der Waals surface area contributed by atoms with Crippen molar-refractivity contribution in [3.05, 3.63) is 116 Å². The number of rotatable bonds is 13. The lowest BCUT2D eigenvalue weighted by Crippen LogP contribution is -2.40. The van der Waals surface area contributed by atoms with Crippen LogP contribution >= 0.6 is 11.8 Å². The zero-order chi connectivity index (χ0) is 46.0. The first-order valence-corrected chi connectivity index (χ1v) is 15.8. The smallest absolute Gasteiger partial charge is 0.336 e. The van der Waals surface area contributed by atoms with E-state index in [9.17, 15) is 30.6 Å². The summed E-state index contributed by atoms with van der Waals surface area (Å²) in [6.07, 6.45) is -4.55. The van der Waals surface area contributed by atoms with E-state index in [2.05, 4.69) is 4.98 Å². The average Bonchev–Trinajstić information content (AvgIpc) is 3.64. The highest BCUT2D eigenvalue weighted by atomic mass is 32.2. The molecular weight excluding hydrogens is 640 g/mol. The number of thioether (sulfide) groups is 1. The molecule has 0 N–H and O–H groups in total. The van der Waals surface area contributed by atoms with Crippen LogP contribution in [0.25, 0.3) is 11.1 Å². The Labute approximate surface area is 301 Å². The number of carbonyl (C=O) groups is 1. The van der Waals surface area contributed by atoms with Crippen LogP contribution in [0.2, 0.25) is 0 Å². The monoisotopic (exact) mass is 693 g/mol. The van der Waals surface area contributed by atoms with Crippen molar-refractivity contribution in [3.63, 3.8) is 0 Å². The second-order valence-corrected chi connectivity index (χ2v) is 11.4. The van der Waals surface area contributed by atoms with Crippen LogP contribution in [0.5, 0.6) is 0 Å². The lowest BCUT2D eigenvalue weighted by molar-refractivity contribution is -0.137. The van der Waals surface area contributed by atoms with E-state index in [4.69, 9.17) is 9.60 Å². The fourth-order valence-electron chi connectivity index (χ4n) is 4.89. The molecule has 1 heterocycles. The Morgan fingerprint density at radius 3 is 2.40 bits per heavy atom. The Bertz CT molecular complexity index is 2370. The maximum Gasteiger partial charge on any atom is 0.416 e. The second-order valence-electron chi connectivity index (χ2n) is 10.6. The van der Waals surface area contributed by atoms with E-state index in [-0.39, 0.29) is 77.6 Å². The summed E-state index contributed by atoms with van der Waals surface area (Å²) in [5.41, 5.74) is -6.78. The summed E-state index contributed by atoms with van der Waals surface area (Å²) in [4.78, 5) is 32.8. The molecule has 0 spiro atoms. The van der Waals surface area contributed by atoms with E-state index >= 15 is 4.79 Å². The Balaban J connectivity index is 1.79. The molecule has 11 heteroatoms.